The molecule has 0 unspecified atom stereocenters. The normalized spacial score (nSPS) is 10.0. The van der Waals surface area contributed by atoms with Crippen molar-refractivity contribution in [2.24, 2.45) is 0 Å². The Kier molecular flexibility index (Phi) is 3.89. The molecule has 0 fully saturated rings. The summed E-state index contributed by atoms with van der Waals surface area (Å²) in [4.78, 5) is 11.3. The lowest BCUT2D eigenvalue weighted by Gasteiger charge is -2.06. The molecule has 0 spiro atoms. The van der Waals surface area contributed by atoms with Gasteiger partial charge in [-0.25, -0.2) is 9.18 Å². The van der Waals surface area contributed by atoms with E-state index in [0.717, 1.165) is 12.1 Å². The van der Waals surface area contributed by atoms with E-state index < -0.39 is 11.8 Å². The van der Waals surface area contributed by atoms with Crippen LogP contribution in [-0.4, -0.2) is 12.6 Å². The van der Waals surface area contributed by atoms with Gasteiger partial charge in [0, 0.05) is 4.47 Å². The molecule has 0 aromatic heterocycles. The van der Waals surface area contributed by atoms with Crippen LogP contribution in [0.15, 0.2) is 16.6 Å². The lowest BCUT2D eigenvalue weighted by molar-refractivity contribution is 0.0525. The number of esters is 1. The smallest absolute Gasteiger partial charge is 0.340 e. The molecule has 0 heterocycles. The highest BCUT2D eigenvalue weighted by atomic mass is 79.9. The zero-order valence-electron chi connectivity index (χ0n) is 7.31. The van der Waals surface area contributed by atoms with Crippen molar-refractivity contribution in [3.63, 3.8) is 0 Å². The molecule has 0 aliphatic carbocycles. The summed E-state index contributed by atoms with van der Waals surface area (Å²) in [5, 5.41) is 0.0373. The summed E-state index contributed by atoms with van der Waals surface area (Å²) in [5.74, 6) is -1.07. The number of hydrogen-bond donors (Lipinski definition) is 0. The first-order valence-corrected chi connectivity index (χ1v) is 5.05. The highest BCUT2D eigenvalue weighted by Crippen LogP contribution is 2.27. The lowest BCUT2D eigenvalue weighted by Crippen LogP contribution is -2.06. The molecule has 0 saturated carbocycles. The summed E-state index contributed by atoms with van der Waals surface area (Å²) in [6.07, 6.45) is 0. The Bertz CT molecular complexity index is 345. The molecule has 5 heteroatoms. The van der Waals surface area contributed by atoms with Crippen LogP contribution in [0.25, 0.3) is 0 Å². The third kappa shape index (κ3) is 2.45. The number of benzene rings is 1. The first kappa shape index (κ1) is 11.5. The van der Waals surface area contributed by atoms with Crippen LogP contribution in [-0.2, 0) is 4.74 Å². The Morgan fingerprint density at radius 2 is 2.29 bits per heavy atom. The first-order valence-electron chi connectivity index (χ1n) is 3.88. The largest absolute Gasteiger partial charge is 0.462 e. The molecule has 76 valence electrons. The van der Waals surface area contributed by atoms with E-state index in [-0.39, 0.29) is 17.2 Å². The van der Waals surface area contributed by atoms with Crippen LogP contribution < -0.4 is 0 Å². The van der Waals surface area contributed by atoms with Gasteiger partial charge in [-0.2, -0.15) is 0 Å². The van der Waals surface area contributed by atoms with E-state index >= 15 is 0 Å². The monoisotopic (exact) mass is 280 g/mol. The summed E-state index contributed by atoms with van der Waals surface area (Å²) >= 11 is 8.74. The van der Waals surface area contributed by atoms with E-state index in [4.69, 9.17) is 16.3 Å². The lowest BCUT2D eigenvalue weighted by atomic mass is 10.2. The number of carbonyl (C=O) groups is 1. The maximum absolute atomic E-state index is 12.8. The van der Waals surface area contributed by atoms with Crippen LogP contribution in [0, 0.1) is 5.82 Å². The SMILES string of the molecule is CCOC(=O)c1c(Cl)cc(F)cc1Br. The second-order valence-electron chi connectivity index (χ2n) is 2.46. The van der Waals surface area contributed by atoms with Gasteiger partial charge in [-0.3, -0.25) is 0 Å². The van der Waals surface area contributed by atoms with E-state index in [9.17, 15) is 9.18 Å². The van der Waals surface area contributed by atoms with Crippen LogP contribution in [0.3, 0.4) is 0 Å². The Morgan fingerprint density at radius 1 is 1.64 bits per heavy atom. The van der Waals surface area contributed by atoms with Crippen LogP contribution in [0.2, 0.25) is 5.02 Å². The molecule has 1 aromatic rings. The standard InChI is InChI=1S/C9H7BrClFO2/c1-2-14-9(13)8-6(10)3-5(12)4-7(8)11/h3-4H,2H2,1H3. The fourth-order valence-electron chi connectivity index (χ4n) is 0.940. The summed E-state index contributed by atoms with van der Waals surface area (Å²) in [6.45, 7) is 1.93. The maximum atomic E-state index is 12.8. The van der Waals surface area contributed by atoms with Crippen molar-refractivity contribution < 1.29 is 13.9 Å². The zero-order chi connectivity index (χ0) is 10.7. The number of carbonyl (C=O) groups excluding carboxylic acids is 1. The third-order valence-corrected chi connectivity index (χ3v) is 2.41. The molecule has 0 N–H and O–H groups in total. The number of hydrogen-bond acceptors (Lipinski definition) is 2. The Balaban J connectivity index is 3.14. The van der Waals surface area contributed by atoms with Gasteiger partial charge >= 0.3 is 5.97 Å². The van der Waals surface area contributed by atoms with Crippen molar-refractivity contribution in [1.82, 2.24) is 0 Å². The maximum Gasteiger partial charge on any atom is 0.340 e. The van der Waals surface area contributed by atoms with Crippen LogP contribution in [0.1, 0.15) is 17.3 Å². The Morgan fingerprint density at radius 3 is 2.79 bits per heavy atom. The van der Waals surface area contributed by atoms with Crippen LogP contribution in [0.5, 0.6) is 0 Å². The van der Waals surface area contributed by atoms with Gasteiger partial charge in [0.1, 0.15) is 5.82 Å². The zero-order valence-corrected chi connectivity index (χ0v) is 9.65. The van der Waals surface area contributed by atoms with Crippen molar-refractivity contribution in [1.29, 1.82) is 0 Å². The van der Waals surface area contributed by atoms with Crippen LogP contribution in [0.4, 0.5) is 4.39 Å². The van der Waals surface area contributed by atoms with Crippen LogP contribution >= 0.6 is 27.5 Å². The number of rotatable bonds is 2. The quantitative estimate of drug-likeness (QED) is 0.777. The van der Waals surface area contributed by atoms with Crippen molar-refractivity contribution in [3.05, 3.63) is 33.0 Å². The predicted octanol–water partition coefficient (Wildman–Crippen LogP) is 3.42. The molecule has 0 aliphatic rings. The van der Waals surface area contributed by atoms with Crippen molar-refractivity contribution >= 4 is 33.5 Å². The summed E-state index contributed by atoms with van der Waals surface area (Å²) < 4.78 is 17.8. The van der Waals surface area contributed by atoms with Gasteiger partial charge in [-0.1, -0.05) is 11.6 Å². The molecule has 0 atom stereocenters. The fraction of sp³-hybridized carbons (Fsp3) is 0.222. The minimum Gasteiger partial charge on any atom is -0.462 e. The van der Waals surface area contributed by atoms with Gasteiger partial charge in [0.15, 0.2) is 0 Å². The summed E-state index contributed by atoms with van der Waals surface area (Å²) in [7, 11) is 0. The molecular formula is C9H7BrClFO2. The third-order valence-electron chi connectivity index (χ3n) is 1.49. The molecule has 0 aliphatic heterocycles. The molecule has 0 saturated heterocycles. The van der Waals surface area contributed by atoms with Gasteiger partial charge in [-0.05, 0) is 35.0 Å². The average Bonchev–Trinajstić information content (AvgIpc) is 2.01. The van der Waals surface area contributed by atoms with Gasteiger partial charge in [-0.15, -0.1) is 0 Å². The second kappa shape index (κ2) is 4.75. The van der Waals surface area contributed by atoms with Crippen molar-refractivity contribution in [3.8, 4) is 0 Å². The van der Waals surface area contributed by atoms with E-state index in [1.807, 2.05) is 0 Å². The molecule has 1 aromatic carbocycles. The highest BCUT2D eigenvalue weighted by molar-refractivity contribution is 9.10. The summed E-state index contributed by atoms with van der Waals surface area (Å²) in [5.41, 5.74) is 0.148. The first-order chi connectivity index (χ1) is 6.56. The highest BCUT2D eigenvalue weighted by Gasteiger charge is 2.16. The van der Waals surface area contributed by atoms with Gasteiger partial charge in [0.05, 0.1) is 17.2 Å². The molecule has 0 amide bonds. The van der Waals surface area contributed by atoms with Gasteiger partial charge in [0.25, 0.3) is 0 Å². The average molecular weight is 282 g/mol. The number of ether oxygens (including phenoxy) is 1. The van der Waals surface area contributed by atoms with Crippen molar-refractivity contribution in [2.75, 3.05) is 6.61 Å². The second-order valence-corrected chi connectivity index (χ2v) is 3.73. The van der Waals surface area contributed by atoms with E-state index in [1.165, 1.54) is 0 Å². The molecular weight excluding hydrogens is 274 g/mol. The molecule has 14 heavy (non-hydrogen) atoms. The van der Waals surface area contributed by atoms with E-state index in [0.29, 0.717) is 4.47 Å². The summed E-state index contributed by atoms with van der Waals surface area (Å²) in [6, 6.07) is 2.23. The minimum absolute atomic E-state index is 0.0373. The predicted molar refractivity (Wildman–Crippen MR) is 55.1 cm³/mol. The Hall–Kier alpha value is -0.610. The van der Waals surface area contributed by atoms with Gasteiger partial charge < -0.3 is 4.74 Å². The van der Waals surface area contributed by atoms with E-state index in [2.05, 4.69) is 15.9 Å². The number of halogens is 3. The molecule has 0 radical (unpaired) electrons. The molecule has 1 rings (SSSR count). The minimum atomic E-state index is -0.565. The molecule has 0 bridgehead atoms. The topological polar surface area (TPSA) is 26.3 Å². The fourth-order valence-corrected chi connectivity index (χ4v) is 1.93. The van der Waals surface area contributed by atoms with Crippen molar-refractivity contribution in [2.45, 2.75) is 6.92 Å². The van der Waals surface area contributed by atoms with E-state index in [1.54, 1.807) is 6.92 Å². The Labute approximate surface area is 94.1 Å². The molecule has 2 nitrogen and oxygen atoms in total. The van der Waals surface area contributed by atoms with Gasteiger partial charge in [0.2, 0.25) is 0 Å².